The summed E-state index contributed by atoms with van der Waals surface area (Å²) in [6.07, 6.45) is 4.60. The molecule has 0 saturated heterocycles. The maximum Gasteiger partial charge on any atom is 0.137 e. The van der Waals surface area contributed by atoms with Gasteiger partial charge < -0.3 is 10.2 Å². The van der Waals surface area contributed by atoms with Crippen molar-refractivity contribution in [3.8, 4) is 0 Å². The molecule has 8 atom stereocenters. The fourth-order valence-corrected chi connectivity index (χ4v) is 6.37. The third kappa shape index (κ3) is 1.99. The number of aliphatic hydroxyl groups is 2. The van der Waals surface area contributed by atoms with E-state index in [4.69, 9.17) is 0 Å². The number of hydrogen-bond acceptors (Lipinski definition) is 3. The molecule has 3 heteroatoms. The third-order valence-corrected chi connectivity index (χ3v) is 8.33. The second kappa shape index (κ2) is 5.16. The number of carbonyl (C=O) groups excluding carboxylic acids is 1. The average molecular weight is 320 g/mol. The lowest BCUT2D eigenvalue weighted by atomic mass is 9.44. The molecule has 0 aromatic heterocycles. The Bertz CT molecular complexity index is 529. The predicted octanol–water partition coefficient (Wildman–Crippen LogP) is 3.34. The zero-order chi connectivity index (χ0) is 17.2. The van der Waals surface area contributed by atoms with Gasteiger partial charge in [0.1, 0.15) is 5.78 Å². The topological polar surface area (TPSA) is 57.5 Å². The van der Waals surface area contributed by atoms with Crippen LogP contribution in [0.3, 0.4) is 0 Å². The average Bonchev–Trinajstić information content (AvgIpc) is 2.87. The van der Waals surface area contributed by atoms with Crippen LogP contribution in [0, 0.1) is 34.0 Å². The fraction of sp³-hybridized carbons (Fsp3) is 0.850. The second-order valence-corrected chi connectivity index (χ2v) is 9.10. The smallest absolute Gasteiger partial charge is 0.137 e. The van der Waals surface area contributed by atoms with Crippen LogP contribution in [0.25, 0.3) is 0 Å². The number of rotatable bonds is 1. The first kappa shape index (κ1) is 17.2. The fourth-order valence-electron chi connectivity index (χ4n) is 6.37. The van der Waals surface area contributed by atoms with E-state index in [1.165, 1.54) is 0 Å². The molecule has 2 bridgehead atoms. The van der Waals surface area contributed by atoms with Crippen LogP contribution < -0.4 is 0 Å². The Kier molecular flexibility index (Phi) is 3.85. The van der Waals surface area contributed by atoms with Crippen molar-refractivity contribution in [1.29, 1.82) is 0 Å². The molecule has 3 saturated carbocycles. The van der Waals surface area contributed by atoms with Crippen LogP contribution in [0.15, 0.2) is 12.7 Å². The standard InChI is InChI=1S/C20H32O3/c1-6-18(4)11-15(22)19(5)12(2)7-9-20(13(3)17(18)23)10-8-14(21)16(19)20/h6,12-13,15-17,22-23H,1,7-11H2,2-5H3/t12-,13-,15-,16?,17+,18-,19+,20+/m1/s1. The highest BCUT2D eigenvalue weighted by Crippen LogP contribution is 2.67. The van der Waals surface area contributed by atoms with E-state index in [-0.39, 0.29) is 17.3 Å². The summed E-state index contributed by atoms with van der Waals surface area (Å²) < 4.78 is 0. The number of ketones is 1. The molecule has 1 unspecified atom stereocenters. The van der Waals surface area contributed by atoms with Gasteiger partial charge in [0.2, 0.25) is 0 Å². The lowest BCUT2D eigenvalue weighted by Gasteiger charge is -2.61. The normalized spacial score (nSPS) is 56.6. The molecule has 3 rings (SSSR count). The van der Waals surface area contributed by atoms with Gasteiger partial charge in [0, 0.05) is 23.2 Å². The van der Waals surface area contributed by atoms with E-state index in [1.54, 1.807) is 0 Å². The SMILES string of the molecule is C=C[C@]1(C)C[C@@H](O)[C@@]2(C)C3C(=O)CC[C@@]3(CC[C@H]2C)[C@H](C)[C@@H]1O. The van der Waals surface area contributed by atoms with Gasteiger partial charge in [-0.3, -0.25) is 4.79 Å². The van der Waals surface area contributed by atoms with Crippen LogP contribution >= 0.6 is 0 Å². The van der Waals surface area contributed by atoms with Crippen molar-refractivity contribution >= 4 is 5.78 Å². The van der Waals surface area contributed by atoms with E-state index in [0.29, 0.717) is 24.5 Å². The minimum Gasteiger partial charge on any atom is -0.392 e. The van der Waals surface area contributed by atoms with E-state index in [2.05, 4.69) is 27.4 Å². The summed E-state index contributed by atoms with van der Waals surface area (Å²) in [5, 5.41) is 22.3. The van der Waals surface area contributed by atoms with Crippen molar-refractivity contribution in [1.82, 2.24) is 0 Å². The maximum absolute atomic E-state index is 12.8. The molecule has 0 heterocycles. The molecule has 3 aliphatic rings. The van der Waals surface area contributed by atoms with E-state index < -0.39 is 23.0 Å². The summed E-state index contributed by atoms with van der Waals surface area (Å²) in [6, 6.07) is 0. The highest BCUT2D eigenvalue weighted by molar-refractivity contribution is 5.85. The highest BCUT2D eigenvalue weighted by Gasteiger charge is 2.67. The monoisotopic (exact) mass is 320 g/mol. The van der Waals surface area contributed by atoms with Crippen molar-refractivity contribution in [2.45, 2.75) is 72.0 Å². The summed E-state index contributed by atoms with van der Waals surface area (Å²) in [4.78, 5) is 12.8. The zero-order valence-electron chi connectivity index (χ0n) is 15.0. The molecule has 0 amide bonds. The van der Waals surface area contributed by atoms with Gasteiger partial charge >= 0.3 is 0 Å². The Hall–Kier alpha value is -0.670. The molecule has 0 aromatic rings. The minimum atomic E-state index is -0.589. The molecule has 0 aromatic carbocycles. The quantitative estimate of drug-likeness (QED) is 0.729. The van der Waals surface area contributed by atoms with E-state index in [0.717, 1.165) is 19.3 Å². The Morgan fingerprint density at radius 3 is 2.48 bits per heavy atom. The van der Waals surface area contributed by atoms with Gasteiger partial charge in [-0.15, -0.1) is 6.58 Å². The maximum atomic E-state index is 12.8. The molecule has 3 nitrogen and oxygen atoms in total. The lowest BCUT2D eigenvalue weighted by molar-refractivity contribution is -0.191. The van der Waals surface area contributed by atoms with Gasteiger partial charge in [-0.05, 0) is 42.9 Å². The van der Waals surface area contributed by atoms with E-state index in [9.17, 15) is 15.0 Å². The highest BCUT2D eigenvalue weighted by atomic mass is 16.3. The van der Waals surface area contributed by atoms with Crippen LogP contribution in [-0.2, 0) is 4.79 Å². The Morgan fingerprint density at radius 1 is 1.22 bits per heavy atom. The van der Waals surface area contributed by atoms with Crippen molar-refractivity contribution < 1.29 is 15.0 Å². The van der Waals surface area contributed by atoms with Gasteiger partial charge in [0.25, 0.3) is 0 Å². The Morgan fingerprint density at radius 2 is 1.87 bits per heavy atom. The van der Waals surface area contributed by atoms with Crippen LogP contribution in [0.1, 0.15) is 59.8 Å². The Labute approximate surface area is 140 Å². The molecule has 0 aliphatic heterocycles. The number of aliphatic hydroxyl groups excluding tert-OH is 2. The summed E-state index contributed by atoms with van der Waals surface area (Å²) in [5.41, 5.74) is -1.07. The largest absolute Gasteiger partial charge is 0.392 e. The molecule has 3 fully saturated rings. The van der Waals surface area contributed by atoms with Gasteiger partial charge in [-0.2, -0.15) is 0 Å². The molecule has 0 radical (unpaired) electrons. The van der Waals surface area contributed by atoms with Crippen LogP contribution in [-0.4, -0.2) is 28.2 Å². The van der Waals surface area contributed by atoms with Gasteiger partial charge in [0.05, 0.1) is 12.2 Å². The number of Topliss-reactive ketones (excluding diaryl/α,β-unsaturated/α-hetero) is 1. The van der Waals surface area contributed by atoms with Gasteiger partial charge in [-0.1, -0.05) is 33.8 Å². The van der Waals surface area contributed by atoms with Crippen molar-refractivity contribution in [2.75, 3.05) is 0 Å². The van der Waals surface area contributed by atoms with Crippen LogP contribution in [0.2, 0.25) is 0 Å². The van der Waals surface area contributed by atoms with E-state index in [1.807, 2.05) is 13.0 Å². The molecule has 2 N–H and O–H groups in total. The lowest BCUT2D eigenvalue weighted by Crippen LogP contribution is -2.62. The third-order valence-electron chi connectivity index (χ3n) is 8.33. The molecular weight excluding hydrogens is 288 g/mol. The first-order chi connectivity index (χ1) is 10.6. The minimum absolute atomic E-state index is 0.0428. The second-order valence-electron chi connectivity index (χ2n) is 9.10. The first-order valence-corrected chi connectivity index (χ1v) is 9.16. The summed E-state index contributed by atoms with van der Waals surface area (Å²) in [6.45, 7) is 12.4. The number of hydrogen-bond donors (Lipinski definition) is 2. The molecule has 3 aliphatic carbocycles. The van der Waals surface area contributed by atoms with Crippen molar-refractivity contribution in [2.24, 2.45) is 34.0 Å². The predicted molar refractivity (Wildman–Crippen MR) is 90.8 cm³/mol. The summed E-state index contributed by atoms with van der Waals surface area (Å²) >= 11 is 0. The molecular formula is C20H32O3. The van der Waals surface area contributed by atoms with Crippen LogP contribution in [0.5, 0.6) is 0 Å². The van der Waals surface area contributed by atoms with E-state index >= 15 is 0 Å². The summed E-state index contributed by atoms with van der Waals surface area (Å²) in [7, 11) is 0. The van der Waals surface area contributed by atoms with Crippen molar-refractivity contribution in [3.05, 3.63) is 12.7 Å². The Balaban J connectivity index is 2.21. The van der Waals surface area contributed by atoms with Gasteiger partial charge in [0.15, 0.2) is 0 Å². The number of carbonyl (C=O) groups is 1. The molecule has 130 valence electrons. The molecule has 0 spiro atoms. The van der Waals surface area contributed by atoms with Crippen molar-refractivity contribution in [3.63, 3.8) is 0 Å². The van der Waals surface area contributed by atoms with Gasteiger partial charge in [-0.25, -0.2) is 0 Å². The first-order valence-electron chi connectivity index (χ1n) is 9.16. The van der Waals surface area contributed by atoms with Crippen LogP contribution in [0.4, 0.5) is 0 Å². The molecule has 23 heavy (non-hydrogen) atoms. The summed E-state index contributed by atoms with van der Waals surface area (Å²) in [5.74, 6) is 0.544. The zero-order valence-corrected chi connectivity index (χ0v) is 15.0.